The van der Waals surface area contributed by atoms with Crippen molar-refractivity contribution in [2.24, 2.45) is 0 Å². The lowest BCUT2D eigenvalue weighted by atomic mass is 10.1. The van der Waals surface area contributed by atoms with Gasteiger partial charge in [-0.05, 0) is 67.1 Å². The van der Waals surface area contributed by atoms with E-state index in [4.69, 9.17) is 27.9 Å². The zero-order valence-corrected chi connectivity index (χ0v) is 21.0. The number of nitrogens with zero attached hydrogens (tertiary/aromatic N) is 2. The Hall–Kier alpha value is -3.22. The average molecular weight is 512 g/mol. The summed E-state index contributed by atoms with van der Waals surface area (Å²) in [5.41, 5.74) is 2.60. The van der Waals surface area contributed by atoms with Gasteiger partial charge in [-0.15, -0.1) is 0 Å². The van der Waals surface area contributed by atoms with Crippen molar-refractivity contribution < 1.29 is 14.3 Å². The highest BCUT2D eigenvalue weighted by Gasteiger charge is 2.23. The first kappa shape index (κ1) is 24.9. The SMILES string of the molecule is CCCOc1ccc(C(=O)N2CCN(c3ccc(NC(=O)c4cccc(Cl)c4)cc3Cl)CC2)cc1. The third kappa shape index (κ3) is 6.27. The van der Waals surface area contributed by atoms with E-state index >= 15 is 0 Å². The lowest BCUT2D eigenvalue weighted by Gasteiger charge is -2.36. The Kier molecular flexibility index (Phi) is 8.16. The summed E-state index contributed by atoms with van der Waals surface area (Å²) < 4.78 is 5.59. The smallest absolute Gasteiger partial charge is 0.255 e. The van der Waals surface area contributed by atoms with Gasteiger partial charge in [0.25, 0.3) is 11.8 Å². The molecule has 8 heteroatoms. The van der Waals surface area contributed by atoms with Gasteiger partial charge < -0.3 is 19.9 Å². The molecule has 1 heterocycles. The van der Waals surface area contributed by atoms with Gasteiger partial charge in [0, 0.05) is 48.0 Å². The van der Waals surface area contributed by atoms with Crippen LogP contribution in [0.3, 0.4) is 0 Å². The molecule has 0 aliphatic carbocycles. The van der Waals surface area contributed by atoms with E-state index in [9.17, 15) is 9.59 Å². The van der Waals surface area contributed by atoms with Crippen molar-refractivity contribution in [3.8, 4) is 5.75 Å². The summed E-state index contributed by atoms with van der Waals surface area (Å²) in [5.74, 6) is 0.528. The van der Waals surface area contributed by atoms with Crippen LogP contribution >= 0.6 is 23.2 Å². The minimum atomic E-state index is -0.256. The fourth-order valence-corrected chi connectivity index (χ4v) is 4.41. The van der Waals surface area contributed by atoms with Crippen LogP contribution in [0.25, 0.3) is 0 Å². The van der Waals surface area contributed by atoms with E-state index in [1.54, 1.807) is 30.3 Å². The van der Waals surface area contributed by atoms with E-state index < -0.39 is 0 Å². The molecule has 6 nitrogen and oxygen atoms in total. The van der Waals surface area contributed by atoms with Crippen LogP contribution in [-0.2, 0) is 0 Å². The normalized spacial score (nSPS) is 13.5. The summed E-state index contributed by atoms with van der Waals surface area (Å²) in [5, 5.41) is 3.89. The molecule has 0 bridgehead atoms. The van der Waals surface area contributed by atoms with Crippen molar-refractivity contribution in [2.45, 2.75) is 13.3 Å². The highest BCUT2D eigenvalue weighted by molar-refractivity contribution is 6.33. The molecule has 182 valence electrons. The number of halogens is 2. The molecule has 1 saturated heterocycles. The highest BCUT2D eigenvalue weighted by atomic mass is 35.5. The monoisotopic (exact) mass is 511 g/mol. The molecule has 0 unspecified atom stereocenters. The Morgan fingerprint density at radius 1 is 0.914 bits per heavy atom. The molecule has 1 N–H and O–H groups in total. The zero-order valence-electron chi connectivity index (χ0n) is 19.5. The lowest BCUT2D eigenvalue weighted by molar-refractivity contribution is 0.0746. The number of hydrogen-bond acceptors (Lipinski definition) is 4. The fraction of sp³-hybridized carbons (Fsp3) is 0.259. The summed E-state index contributed by atoms with van der Waals surface area (Å²) in [6, 6.07) is 19.5. The van der Waals surface area contributed by atoms with Crippen LogP contribution in [0.4, 0.5) is 11.4 Å². The van der Waals surface area contributed by atoms with E-state index in [1.165, 1.54) is 0 Å². The molecule has 3 aromatic rings. The number of anilines is 2. The molecular weight excluding hydrogens is 485 g/mol. The van der Waals surface area contributed by atoms with Crippen LogP contribution in [-0.4, -0.2) is 49.5 Å². The second-order valence-electron chi connectivity index (χ2n) is 8.28. The molecule has 1 aliphatic heterocycles. The van der Waals surface area contributed by atoms with Crippen molar-refractivity contribution >= 4 is 46.4 Å². The van der Waals surface area contributed by atoms with Crippen LogP contribution < -0.4 is 15.0 Å². The number of rotatable bonds is 7. The standard InChI is InChI=1S/C27H27Cl2N3O3/c1-2-16-35-23-9-6-19(7-10-23)27(34)32-14-12-31(13-15-32)25-11-8-22(18-24(25)29)30-26(33)20-4-3-5-21(28)17-20/h3-11,17-18H,2,12-16H2,1H3,(H,30,33). The van der Waals surface area contributed by atoms with Crippen molar-refractivity contribution in [1.82, 2.24) is 4.90 Å². The van der Waals surface area contributed by atoms with Gasteiger partial charge in [0.05, 0.1) is 17.3 Å². The summed E-state index contributed by atoms with van der Waals surface area (Å²) in [4.78, 5) is 29.4. The van der Waals surface area contributed by atoms with Crippen LogP contribution in [0.2, 0.25) is 10.0 Å². The van der Waals surface area contributed by atoms with E-state index in [2.05, 4.69) is 17.1 Å². The number of ether oxygens (including phenoxy) is 1. The summed E-state index contributed by atoms with van der Waals surface area (Å²) >= 11 is 12.5. The van der Waals surface area contributed by atoms with Gasteiger partial charge in [-0.2, -0.15) is 0 Å². The van der Waals surface area contributed by atoms with Gasteiger partial charge in [0.1, 0.15) is 5.75 Å². The molecule has 0 atom stereocenters. The van der Waals surface area contributed by atoms with Crippen LogP contribution in [0.1, 0.15) is 34.1 Å². The number of carbonyl (C=O) groups is 2. The molecule has 0 spiro atoms. The molecule has 3 aromatic carbocycles. The Morgan fingerprint density at radius 2 is 1.66 bits per heavy atom. The Bertz CT molecular complexity index is 1190. The van der Waals surface area contributed by atoms with Crippen LogP contribution in [0.15, 0.2) is 66.7 Å². The summed E-state index contributed by atoms with van der Waals surface area (Å²) in [6.45, 7) is 5.23. The average Bonchev–Trinajstić information content (AvgIpc) is 2.87. The van der Waals surface area contributed by atoms with E-state index in [0.29, 0.717) is 59.6 Å². The van der Waals surface area contributed by atoms with Gasteiger partial charge in [-0.3, -0.25) is 9.59 Å². The third-order valence-corrected chi connectivity index (χ3v) is 6.31. The molecule has 0 aromatic heterocycles. The Balaban J connectivity index is 1.34. The van der Waals surface area contributed by atoms with Crippen LogP contribution in [0, 0.1) is 0 Å². The minimum Gasteiger partial charge on any atom is -0.494 e. The maximum absolute atomic E-state index is 12.9. The third-order valence-electron chi connectivity index (χ3n) is 5.77. The molecular formula is C27H27Cl2N3O3. The maximum atomic E-state index is 12.9. The van der Waals surface area contributed by atoms with Crippen molar-refractivity contribution in [3.63, 3.8) is 0 Å². The lowest BCUT2D eigenvalue weighted by Crippen LogP contribution is -2.48. The first-order valence-corrected chi connectivity index (χ1v) is 12.3. The molecule has 35 heavy (non-hydrogen) atoms. The van der Waals surface area contributed by atoms with Crippen LogP contribution in [0.5, 0.6) is 5.75 Å². The minimum absolute atomic E-state index is 0.0110. The van der Waals surface area contributed by atoms with Gasteiger partial charge in [0.2, 0.25) is 0 Å². The molecule has 4 rings (SSSR count). The number of piperazine rings is 1. The quantitative estimate of drug-likeness (QED) is 0.422. The zero-order chi connectivity index (χ0) is 24.8. The number of amides is 2. The largest absolute Gasteiger partial charge is 0.494 e. The van der Waals surface area contributed by atoms with Crippen molar-refractivity contribution in [3.05, 3.63) is 87.9 Å². The van der Waals surface area contributed by atoms with Crippen molar-refractivity contribution in [2.75, 3.05) is 43.0 Å². The fourth-order valence-electron chi connectivity index (χ4n) is 3.92. The topological polar surface area (TPSA) is 61.9 Å². The second kappa shape index (κ2) is 11.5. The molecule has 0 saturated carbocycles. The first-order chi connectivity index (χ1) is 16.9. The van der Waals surface area contributed by atoms with Gasteiger partial charge in [-0.25, -0.2) is 0 Å². The summed E-state index contributed by atoms with van der Waals surface area (Å²) in [6.07, 6.45) is 0.940. The van der Waals surface area contributed by atoms with E-state index in [-0.39, 0.29) is 11.8 Å². The van der Waals surface area contributed by atoms with Gasteiger partial charge in [-0.1, -0.05) is 36.2 Å². The highest BCUT2D eigenvalue weighted by Crippen LogP contribution is 2.30. The molecule has 0 radical (unpaired) electrons. The predicted octanol–water partition coefficient (Wildman–Crippen LogP) is 6.00. The molecule has 1 fully saturated rings. The number of carbonyl (C=O) groups excluding carboxylic acids is 2. The maximum Gasteiger partial charge on any atom is 0.255 e. The van der Waals surface area contributed by atoms with Crippen molar-refractivity contribution in [1.29, 1.82) is 0 Å². The molecule has 2 amide bonds. The van der Waals surface area contributed by atoms with Gasteiger partial charge in [0.15, 0.2) is 0 Å². The Labute approximate surface area is 215 Å². The number of nitrogens with one attached hydrogen (secondary N) is 1. The molecule has 1 aliphatic rings. The number of hydrogen-bond donors (Lipinski definition) is 1. The predicted molar refractivity (Wildman–Crippen MR) is 141 cm³/mol. The van der Waals surface area contributed by atoms with E-state index in [1.807, 2.05) is 41.3 Å². The first-order valence-electron chi connectivity index (χ1n) is 11.6. The number of benzene rings is 3. The second-order valence-corrected chi connectivity index (χ2v) is 9.13. The Morgan fingerprint density at radius 3 is 2.31 bits per heavy atom. The van der Waals surface area contributed by atoms with Gasteiger partial charge >= 0.3 is 0 Å². The van der Waals surface area contributed by atoms with E-state index in [0.717, 1.165) is 17.9 Å². The summed E-state index contributed by atoms with van der Waals surface area (Å²) in [7, 11) is 0.